The van der Waals surface area contributed by atoms with Gasteiger partial charge in [-0.15, -0.1) is 12.6 Å². The fourth-order valence-electron chi connectivity index (χ4n) is 0.720. The normalized spacial score (nSPS) is 9.38. The number of hydrazine groups is 1. The lowest BCUT2D eigenvalue weighted by molar-refractivity contribution is 0.0853. The molecule has 0 spiro atoms. The number of rotatable bonds is 1. The van der Waals surface area contributed by atoms with Gasteiger partial charge in [-0.25, -0.2) is 10.9 Å². The molecule has 0 unspecified atom stereocenters. The van der Waals surface area contributed by atoms with Crippen LogP contribution >= 0.6 is 24.8 Å². The third-order valence-electron chi connectivity index (χ3n) is 1.35. The van der Waals surface area contributed by atoms with Gasteiger partial charge in [0, 0.05) is 18.0 Å². The number of aromatic nitrogens is 1. The molecule has 0 fully saturated rings. The number of thiol groups is 1. The van der Waals surface area contributed by atoms with E-state index in [9.17, 15) is 4.79 Å². The first-order valence-corrected chi connectivity index (χ1v) is 4.20. The minimum Gasteiger partial charge on any atom is -0.267 e. The Morgan fingerprint density at radius 3 is 2.54 bits per heavy atom. The van der Waals surface area contributed by atoms with E-state index in [0.29, 0.717) is 5.56 Å². The molecule has 2 N–H and O–H groups in total. The fraction of sp³-hybridized carbons (Fsp3) is 0. The number of thiocarbonyl (C=S) groups is 1. The highest BCUT2D eigenvalue weighted by atomic mass is 32.1. The van der Waals surface area contributed by atoms with Crippen LogP contribution < -0.4 is 5.84 Å². The molecule has 1 amide bonds. The highest BCUT2D eigenvalue weighted by molar-refractivity contribution is 8.11. The second kappa shape index (κ2) is 4.31. The van der Waals surface area contributed by atoms with Crippen molar-refractivity contribution in [2.75, 3.05) is 0 Å². The van der Waals surface area contributed by atoms with Crippen LogP contribution in [0.25, 0.3) is 0 Å². The molecule has 1 heterocycles. The summed E-state index contributed by atoms with van der Waals surface area (Å²) >= 11 is 8.40. The molecule has 13 heavy (non-hydrogen) atoms. The molecule has 6 heteroatoms. The van der Waals surface area contributed by atoms with E-state index >= 15 is 0 Å². The molecule has 4 nitrogen and oxygen atoms in total. The van der Waals surface area contributed by atoms with Crippen LogP contribution in [0.4, 0.5) is 0 Å². The Morgan fingerprint density at radius 1 is 1.54 bits per heavy atom. The van der Waals surface area contributed by atoms with Crippen molar-refractivity contribution >= 4 is 35.1 Å². The van der Waals surface area contributed by atoms with E-state index in [2.05, 4.69) is 29.8 Å². The lowest BCUT2D eigenvalue weighted by Crippen LogP contribution is -2.39. The Kier molecular flexibility index (Phi) is 3.35. The molecule has 0 radical (unpaired) electrons. The molecule has 1 aromatic heterocycles. The van der Waals surface area contributed by atoms with Gasteiger partial charge >= 0.3 is 0 Å². The van der Waals surface area contributed by atoms with Crippen LogP contribution in [0.5, 0.6) is 0 Å². The smallest absolute Gasteiger partial charge is 0.267 e. The van der Waals surface area contributed by atoms with Gasteiger partial charge in [-0.05, 0) is 12.1 Å². The van der Waals surface area contributed by atoms with Crippen LogP contribution in [0.15, 0.2) is 24.5 Å². The number of pyridine rings is 1. The Morgan fingerprint density at radius 2 is 2.08 bits per heavy atom. The van der Waals surface area contributed by atoms with E-state index in [4.69, 9.17) is 5.84 Å². The van der Waals surface area contributed by atoms with Crippen molar-refractivity contribution in [3.63, 3.8) is 0 Å². The van der Waals surface area contributed by atoms with E-state index < -0.39 is 5.91 Å². The maximum Gasteiger partial charge on any atom is 0.273 e. The quantitative estimate of drug-likeness (QED) is 0.236. The maximum atomic E-state index is 11.4. The average Bonchev–Trinajstić information content (AvgIpc) is 2.17. The number of amides is 1. The Balaban J connectivity index is 2.86. The third kappa shape index (κ3) is 2.48. The number of nitrogens with two attached hydrogens (primary N) is 1. The number of hydrogen-bond acceptors (Lipinski definition) is 4. The molecule has 0 saturated heterocycles. The molecule has 0 aliphatic rings. The number of carbonyl (C=O) groups is 1. The van der Waals surface area contributed by atoms with Gasteiger partial charge < -0.3 is 0 Å². The highest BCUT2D eigenvalue weighted by Crippen LogP contribution is 2.02. The van der Waals surface area contributed by atoms with Gasteiger partial charge in [0.25, 0.3) is 5.91 Å². The molecule has 0 aliphatic carbocycles. The first kappa shape index (κ1) is 10.1. The van der Waals surface area contributed by atoms with Crippen LogP contribution in [0.2, 0.25) is 0 Å². The molecule has 0 aromatic carbocycles. The number of nitrogens with zero attached hydrogens (tertiary/aromatic N) is 2. The van der Waals surface area contributed by atoms with Crippen molar-refractivity contribution in [1.82, 2.24) is 9.99 Å². The number of hydrogen-bond donors (Lipinski definition) is 2. The van der Waals surface area contributed by atoms with Crippen molar-refractivity contribution < 1.29 is 4.79 Å². The fourth-order valence-corrected chi connectivity index (χ4v) is 0.894. The van der Waals surface area contributed by atoms with Gasteiger partial charge in [0.05, 0.1) is 0 Å². The minimum absolute atomic E-state index is 0.0295. The van der Waals surface area contributed by atoms with Crippen molar-refractivity contribution in [2.45, 2.75) is 0 Å². The van der Waals surface area contributed by atoms with Gasteiger partial charge in [-0.2, -0.15) is 0 Å². The molecule has 0 saturated carbocycles. The second-order valence-electron chi connectivity index (χ2n) is 2.19. The predicted octanol–water partition coefficient (Wildman–Crippen LogP) is 0.612. The first-order valence-electron chi connectivity index (χ1n) is 3.35. The van der Waals surface area contributed by atoms with Gasteiger partial charge in [0.2, 0.25) is 0 Å². The summed E-state index contributed by atoms with van der Waals surface area (Å²) in [5.41, 5.74) is 0.425. The molecule has 1 rings (SSSR count). The van der Waals surface area contributed by atoms with Gasteiger partial charge in [0.15, 0.2) is 4.32 Å². The van der Waals surface area contributed by atoms with Crippen LogP contribution in [0, 0.1) is 0 Å². The zero-order valence-corrected chi connectivity index (χ0v) is 8.26. The third-order valence-corrected chi connectivity index (χ3v) is 1.76. The van der Waals surface area contributed by atoms with Gasteiger partial charge in [0.1, 0.15) is 0 Å². The largest absolute Gasteiger partial charge is 0.273 e. The van der Waals surface area contributed by atoms with Crippen LogP contribution in [0.3, 0.4) is 0 Å². The summed E-state index contributed by atoms with van der Waals surface area (Å²) < 4.78 is 0.0295. The summed E-state index contributed by atoms with van der Waals surface area (Å²) in [6.07, 6.45) is 3.01. The molecule has 1 aromatic rings. The lowest BCUT2D eigenvalue weighted by Gasteiger charge is -2.12. The molecular formula is C7H7N3OS2. The topological polar surface area (TPSA) is 59.2 Å². The summed E-state index contributed by atoms with van der Waals surface area (Å²) in [6.45, 7) is 0. The van der Waals surface area contributed by atoms with Gasteiger partial charge in [-0.3, -0.25) is 9.78 Å². The monoisotopic (exact) mass is 213 g/mol. The Labute approximate surface area is 86.1 Å². The van der Waals surface area contributed by atoms with Gasteiger partial charge in [-0.1, -0.05) is 12.2 Å². The SMILES string of the molecule is NN(C(=O)c1ccncc1)C(=S)S. The van der Waals surface area contributed by atoms with Crippen molar-refractivity contribution in [3.8, 4) is 0 Å². The lowest BCUT2D eigenvalue weighted by atomic mass is 10.2. The molecule has 0 aliphatic heterocycles. The molecular weight excluding hydrogens is 206 g/mol. The van der Waals surface area contributed by atoms with Crippen LogP contribution in [-0.2, 0) is 0 Å². The Bertz CT molecular complexity index is 328. The zero-order valence-electron chi connectivity index (χ0n) is 6.54. The van der Waals surface area contributed by atoms with E-state index in [1.165, 1.54) is 12.4 Å². The predicted molar refractivity (Wildman–Crippen MR) is 56.2 cm³/mol. The minimum atomic E-state index is -0.401. The summed E-state index contributed by atoms with van der Waals surface area (Å²) in [5, 5.41) is 0.799. The van der Waals surface area contributed by atoms with Crippen molar-refractivity contribution in [1.29, 1.82) is 0 Å². The van der Waals surface area contributed by atoms with E-state index in [0.717, 1.165) is 5.01 Å². The second-order valence-corrected chi connectivity index (χ2v) is 3.31. The average molecular weight is 213 g/mol. The standard InChI is InChI=1S/C7H7N3OS2/c8-10(7(12)13)6(11)5-1-3-9-4-2-5/h1-4H,8H2,(H,12,13). The maximum absolute atomic E-state index is 11.4. The van der Waals surface area contributed by atoms with Crippen molar-refractivity contribution in [3.05, 3.63) is 30.1 Å². The zero-order chi connectivity index (χ0) is 9.84. The molecule has 0 atom stereocenters. The molecule has 68 valence electrons. The van der Waals surface area contributed by atoms with E-state index in [1.807, 2.05) is 0 Å². The van der Waals surface area contributed by atoms with E-state index in [1.54, 1.807) is 12.1 Å². The summed E-state index contributed by atoms with van der Waals surface area (Å²) in [7, 11) is 0. The highest BCUT2D eigenvalue weighted by Gasteiger charge is 2.13. The van der Waals surface area contributed by atoms with Crippen molar-refractivity contribution in [2.24, 2.45) is 5.84 Å². The summed E-state index contributed by atoms with van der Waals surface area (Å²) in [4.78, 5) is 15.2. The summed E-state index contributed by atoms with van der Waals surface area (Å²) in [6, 6.07) is 3.10. The molecule has 0 bridgehead atoms. The summed E-state index contributed by atoms with van der Waals surface area (Å²) in [5.74, 6) is 4.94. The van der Waals surface area contributed by atoms with Crippen LogP contribution in [0.1, 0.15) is 10.4 Å². The van der Waals surface area contributed by atoms with Crippen LogP contribution in [-0.4, -0.2) is 20.2 Å². The first-order chi connectivity index (χ1) is 6.13. The number of carbonyl (C=O) groups excluding carboxylic acids is 1. The van der Waals surface area contributed by atoms with E-state index in [-0.39, 0.29) is 4.32 Å². The Hall–Kier alpha value is -0.980.